The van der Waals surface area contributed by atoms with Gasteiger partial charge in [-0.2, -0.15) is 13.2 Å². The monoisotopic (exact) mass is 737 g/mol. The number of benzene rings is 3. The van der Waals surface area contributed by atoms with Crippen LogP contribution < -0.4 is 27.0 Å². The summed E-state index contributed by atoms with van der Waals surface area (Å²) in [5.41, 5.74) is 6.38. The summed E-state index contributed by atoms with van der Waals surface area (Å²) in [6, 6.07) is 21.2. The SMILES string of the molecule is CC(C)[C@H](NC(=O)c1ccc(-c2ccccc2)cc1)C(=O)N[C@@H](Cc1ccccc1)C(=O)NC1(C(=O)N[C@@H](CCCC(N)=O)C(O)C(F)(F)F)CCC1. The summed E-state index contributed by atoms with van der Waals surface area (Å²) < 4.78 is 40.6. The normalized spacial score (nSPS) is 15.9. The van der Waals surface area contributed by atoms with Crippen molar-refractivity contribution in [3.05, 3.63) is 96.1 Å². The van der Waals surface area contributed by atoms with Crippen LogP contribution in [-0.2, 0) is 25.6 Å². The molecule has 0 aromatic heterocycles. The van der Waals surface area contributed by atoms with Crippen LogP contribution in [0.1, 0.15) is 68.3 Å². The second-order valence-corrected chi connectivity index (χ2v) is 13.7. The first-order valence-corrected chi connectivity index (χ1v) is 17.6. The molecule has 4 rings (SSSR count). The van der Waals surface area contributed by atoms with E-state index in [1.54, 1.807) is 68.4 Å². The van der Waals surface area contributed by atoms with Gasteiger partial charge in [0.2, 0.25) is 23.6 Å². The quantitative estimate of drug-likeness (QED) is 0.122. The van der Waals surface area contributed by atoms with E-state index in [9.17, 15) is 42.3 Å². The van der Waals surface area contributed by atoms with Crippen LogP contribution in [0.3, 0.4) is 0 Å². The minimum Gasteiger partial charge on any atom is -0.382 e. The molecule has 0 spiro atoms. The first-order chi connectivity index (χ1) is 25.1. The summed E-state index contributed by atoms with van der Waals surface area (Å²) >= 11 is 0. The lowest BCUT2D eigenvalue weighted by Crippen LogP contribution is -2.68. The Balaban J connectivity index is 1.50. The van der Waals surface area contributed by atoms with Crippen LogP contribution in [-0.4, -0.2) is 70.6 Å². The number of amides is 5. The van der Waals surface area contributed by atoms with Gasteiger partial charge in [0.1, 0.15) is 17.6 Å². The van der Waals surface area contributed by atoms with Gasteiger partial charge in [-0.05, 0) is 66.8 Å². The molecule has 0 heterocycles. The van der Waals surface area contributed by atoms with Crippen molar-refractivity contribution in [2.45, 2.75) is 94.7 Å². The molecule has 53 heavy (non-hydrogen) atoms. The predicted octanol–water partition coefficient (Wildman–Crippen LogP) is 3.94. The fourth-order valence-electron chi connectivity index (χ4n) is 6.13. The molecule has 1 unspecified atom stereocenters. The maximum Gasteiger partial charge on any atom is 0.416 e. The van der Waals surface area contributed by atoms with Gasteiger partial charge in [-0.15, -0.1) is 0 Å². The topological polar surface area (TPSA) is 180 Å². The first kappa shape index (κ1) is 40.5. The molecule has 7 N–H and O–H groups in total. The fourth-order valence-corrected chi connectivity index (χ4v) is 6.13. The number of carbonyl (C=O) groups is 5. The lowest BCUT2D eigenvalue weighted by Gasteiger charge is -2.43. The van der Waals surface area contributed by atoms with Gasteiger partial charge < -0.3 is 32.1 Å². The first-order valence-electron chi connectivity index (χ1n) is 17.6. The largest absolute Gasteiger partial charge is 0.416 e. The van der Waals surface area contributed by atoms with Gasteiger partial charge in [0.15, 0.2) is 6.10 Å². The minimum absolute atomic E-state index is 0.00163. The number of nitrogens with one attached hydrogen (secondary N) is 4. The standard InChI is InChI=1S/C39H46F3N5O6/c1-24(2)32(46-34(50)28-19-17-27(18-20-28)26-13-7-4-8-14-26)36(52)44-30(23-25-11-5-3-6-12-25)35(51)47-38(21-10-22-38)37(53)45-29(15-9-16-31(43)48)33(49)39(40,41)42/h3-8,11-14,17-20,24,29-30,32-33,49H,9-10,15-16,21-23H2,1-2H3,(H2,43,48)(H,44,52)(H,45,53)(H,46,50)(H,47,51)/t29-,30-,32-,33?/m0/s1. The molecule has 3 aromatic carbocycles. The summed E-state index contributed by atoms with van der Waals surface area (Å²) in [7, 11) is 0. The Morgan fingerprint density at radius 2 is 1.40 bits per heavy atom. The number of nitrogens with two attached hydrogens (primary N) is 1. The highest BCUT2D eigenvalue weighted by atomic mass is 19.4. The van der Waals surface area contributed by atoms with Gasteiger partial charge in [0.05, 0.1) is 6.04 Å². The number of carbonyl (C=O) groups excluding carboxylic acids is 5. The van der Waals surface area contributed by atoms with Crippen molar-refractivity contribution in [1.82, 2.24) is 21.3 Å². The Kier molecular flexibility index (Phi) is 13.8. The van der Waals surface area contributed by atoms with E-state index < -0.39 is 77.8 Å². The van der Waals surface area contributed by atoms with Gasteiger partial charge in [-0.1, -0.05) is 86.6 Å². The molecule has 0 aliphatic heterocycles. The van der Waals surface area contributed by atoms with E-state index >= 15 is 0 Å². The molecule has 1 fully saturated rings. The maximum atomic E-state index is 13.9. The van der Waals surface area contributed by atoms with Gasteiger partial charge in [-0.3, -0.25) is 24.0 Å². The molecule has 0 bridgehead atoms. The fraction of sp³-hybridized carbons (Fsp3) is 0.410. The predicted molar refractivity (Wildman–Crippen MR) is 192 cm³/mol. The highest BCUT2D eigenvalue weighted by molar-refractivity contribution is 5.99. The Morgan fingerprint density at radius 3 is 1.92 bits per heavy atom. The van der Waals surface area contributed by atoms with E-state index in [-0.39, 0.29) is 32.1 Å². The maximum absolute atomic E-state index is 13.9. The van der Waals surface area contributed by atoms with Crippen molar-refractivity contribution in [1.29, 1.82) is 0 Å². The van der Waals surface area contributed by atoms with Gasteiger partial charge >= 0.3 is 6.18 Å². The molecule has 0 saturated heterocycles. The molecule has 5 amide bonds. The summed E-state index contributed by atoms with van der Waals surface area (Å²) in [6.45, 7) is 3.47. The van der Waals surface area contributed by atoms with E-state index in [1.165, 1.54) is 0 Å². The van der Waals surface area contributed by atoms with E-state index in [4.69, 9.17) is 5.73 Å². The zero-order valence-corrected chi connectivity index (χ0v) is 29.6. The third-order valence-corrected chi connectivity index (χ3v) is 9.38. The molecule has 3 aromatic rings. The number of alkyl halides is 3. The number of aliphatic hydroxyl groups excluding tert-OH is 1. The van der Waals surface area contributed by atoms with Crippen molar-refractivity contribution in [3.8, 4) is 11.1 Å². The molecule has 284 valence electrons. The summed E-state index contributed by atoms with van der Waals surface area (Å²) in [5, 5.41) is 20.4. The molecular formula is C39H46F3N5O6. The molecule has 4 atom stereocenters. The van der Waals surface area contributed by atoms with E-state index in [2.05, 4.69) is 21.3 Å². The second-order valence-electron chi connectivity index (χ2n) is 13.7. The van der Waals surface area contributed by atoms with E-state index in [1.807, 2.05) is 30.3 Å². The number of hydrogen-bond donors (Lipinski definition) is 6. The van der Waals surface area contributed by atoms with Crippen LogP contribution in [0.25, 0.3) is 11.1 Å². The Hall–Kier alpha value is -5.24. The van der Waals surface area contributed by atoms with Crippen LogP contribution in [0.4, 0.5) is 13.2 Å². The number of primary amides is 1. The highest BCUT2D eigenvalue weighted by Gasteiger charge is 2.50. The van der Waals surface area contributed by atoms with Crippen LogP contribution in [0.2, 0.25) is 0 Å². The van der Waals surface area contributed by atoms with Crippen molar-refractivity contribution in [3.63, 3.8) is 0 Å². The summed E-state index contributed by atoms with van der Waals surface area (Å²) in [4.78, 5) is 65.8. The zero-order chi connectivity index (χ0) is 38.8. The van der Waals surface area contributed by atoms with Crippen LogP contribution >= 0.6 is 0 Å². The van der Waals surface area contributed by atoms with Crippen LogP contribution in [0, 0.1) is 5.92 Å². The minimum atomic E-state index is -5.07. The lowest BCUT2D eigenvalue weighted by molar-refractivity contribution is -0.213. The van der Waals surface area contributed by atoms with Crippen LogP contribution in [0.5, 0.6) is 0 Å². The summed E-state index contributed by atoms with van der Waals surface area (Å²) in [5.74, 6) is -4.00. The molecule has 1 saturated carbocycles. The lowest BCUT2D eigenvalue weighted by atomic mass is 9.75. The Labute approximate surface area is 306 Å². The van der Waals surface area contributed by atoms with Crippen molar-refractivity contribution >= 4 is 29.5 Å². The smallest absolute Gasteiger partial charge is 0.382 e. The molecule has 0 radical (unpaired) electrons. The van der Waals surface area contributed by atoms with Gasteiger partial charge in [0.25, 0.3) is 5.91 Å². The molecule has 1 aliphatic carbocycles. The van der Waals surface area contributed by atoms with Crippen molar-refractivity contribution in [2.75, 3.05) is 0 Å². The number of rotatable bonds is 17. The highest BCUT2D eigenvalue weighted by Crippen LogP contribution is 2.33. The van der Waals surface area contributed by atoms with Crippen LogP contribution in [0.15, 0.2) is 84.9 Å². The van der Waals surface area contributed by atoms with Crippen molar-refractivity contribution in [2.24, 2.45) is 11.7 Å². The Morgan fingerprint density at radius 1 is 0.811 bits per heavy atom. The molecule has 14 heteroatoms. The number of aliphatic hydroxyl groups is 1. The third-order valence-electron chi connectivity index (χ3n) is 9.38. The van der Waals surface area contributed by atoms with Gasteiger partial charge in [-0.25, -0.2) is 0 Å². The third kappa shape index (κ3) is 11.1. The average molecular weight is 738 g/mol. The molecular weight excluding hydrogens is 691 g/mol. The molecule has 1 aliphatic rings. The van der Waals surface area contributed by atoms with Gasteiger partial charge in [0, 0.05) is 18.4 Å². The second kappa shape index (κ2) is 18.0. The number of hydrogen-bond acceptors (Lipinski definition) is 6. The average Bonchev–Trinajstić information content (AvgIpc) is 3.11. The zero-order valence-electron chi connectivity index (χ0n) is 29.6. The Bertz CT molecular complexity index is 1720. The summed E-state index contributed by atoms with van der Waals surface area (Å²) in [6.07, 6.45) is -8.10. The van der Waals surface area contributed by atoms with Crippen molar-refractivity contribution < 1.29 is 42.3 Å². The van der Waals surface area contributed by atoms with E-state index in [0.717, 1.165) is 11.1 Å². The van der Waals surface area contributed by atoms with E-state index in [0.29, 0.717) is 17.5 Å². The molecule has 11 nitrogen and oxygen atoms in total. The number of halogens is 3.